The van der Waals surface area contributed by atoms with E-state index in [1.165, 1.54) is 18.2 Å². The number of amides is 4. The lowest BCUT2D eigenvalue weighted by atomic mass is 10.1. The maximum atomic E-state index is 14.0. The molecule has 0 spiro atoms. The second-order valence-electron chi connectivity index (χ2n) is 8.58. The van der Waals surface area contributed by atoms with E-state index in [0.717, 1.165) is 10.5 Å². The molecule has 0 unspecified atom stereocenters. The van der Waals surface area contributed by atoms with Crippen molar-refractivity contribution in [1.82, 2.24) is 10.2 Å². The van der Waals surface area contributed by atoms with E-state index < -0.39 is 30.2 Å². The molecule has 0 atom stereocenters. The average Bonchev–Trinajstić information content (AvgIpc) is 3.16. The number of nitrogens with one attached hydrogen (secondary N) is 2. The third-order valence-corrected chi connectivity index (χ3v) is 6.19. The quantitative estimate of drug-likeness (QED) is 0.254. The van der Waals surface area contributed by atoms with E-state index in [2.05, 4.69) is 10.6 Å². The van der Waals surface area contributed by atoms with Gasteiger partial charge in [-0.3, -0.25) is 9.59 Å². The number of para-hydroxylation sites is 1. The molecule has 202 valence electrons. The van der Waals surface area contributed by atoms with Crippen LogP contribution in [0.3, 0.4) is 0 Å². The molecule has 0 aromatic heterocycles. The number of hydrogen-bond acceptors (Lipinski definition) is 5. The van der Waals surface area contributed by atoms with Gasteiger partial charge in [0.05, 0.1) is 11.6 Å². The molecule has 1 aliphatic rings. The van der Waals surface area contributed by atoms with Crippen LogP contribution >= 0.6 is 11.6 Å². The van der Waals surface area contributed by atoms with E-state index in [4.69, 9.17) is 21.1 Å². The van der Waals surface area contributed by atoms with E-state index in [0.29, 0.717) is 29.8 Å². The smallest absolute Gasteiger partial charge is 0.329 e. The molecular formula is C29H27ClFN3O5. The Labute approximate surface area is 230 Å². The summed E-state index contributed by atoms with van der Waals surface area (Å²) in [5.41, 5.74) is 2.34. The van der Waals surface area contributed by atoms with Crippen LogP contribution < -0.4 is 20.1 Å². The number of anilines is 1. The van der Waals surface area contributed by atoms with Crippen molar-refractivity contribution in [3.63, 3.8) is 0 Å². The van der Waals surface area contributed by atoms with Crippen LogP contribution in [-0.4, -0.2) is 35.9 Å². The minimum absolute atomic E-state index is 0.0275. The van der Waals surface area contributed by atoms with Crippen LogP contribution in [0.15, 0.2) is 66.4 Å². The zero-order chi connectivity index (χ0) is 27.9. The molecule has 0 bridgehead atoms. The first-order valence-corrected chi connectivity index (χ1v) is 12.7. The number of urea groups is 1. The summed E-state index contributed by atoms with van der Waals surface area (Å²) < 4.78 is 25.4. The van der Waals surface area contributed by atoms with E-state index >= 15 is 0 Å². The average molecular weight is 552 g/mol. The molecule has 8 nitrogen and oxygen atoms in total. The lowest BCUT2D eigenvalue weighted by Crippen LogP contribution is -2.38. The van der Waals surface area contributed by atoms with Gasteiger partial charge in [-0.1, -0.05) is 54.9 Å². The molecule has 1 aliphatic heterocycles. The van der Waals surface area contributed by atoms with E-state index in [-0.39, 0.29) is 28.8 Å². The topological polar surface area (TPSA) is 97.0 Å². The van der Waals surface area contributed by atoms with Crippen LogP contribution in [0.2, 0.25) is 5.02 Å². The Morgan fingerprint density at radius 1 is 1.05 bits per heavy atom. The van der Waals surface area contributed by atoms with Gasteiger partial charge in [0.25, 0.3) is 5.91 Å². The molecule has 39 heavy (non-hydrogen) atoms. The molecule has 1 fully saturated rings. The van der Waals surface area contributed by atoms with Crippen molar-refractivity contribution in [1.29, 1.82) is 0 Å². The predicted molar refractivity (Wildman–Crippen MR) is 146 cm³/mol. The van der Waals surface area contributed by atoms with Crippen molar-refractivity contribution in [2.75, 3.05) is 18.5 Å². The summed E-state index contributed by atoms with van der Waals surface area (Å²) in [6, 6.07) is 15.9. The summed E-state index contributed by atoms with van der Waals surface area (Å²) in [5, 5.41) is 5.42. The van der Waals surface area contributed by atoms with E-state index in [1.54, 1.807) is 43.3 Å². The van der Waals surface area contributed by atoms with Gasteiger partial charge in [-0.2, -0.15) is 0 Å². The summed E-state index contributed by atoms with van der Waals surface area (Å²) >= 11 is 6.46. The Morgan fingerprint density at radius 3 is 2.49 bits per heavy atom. The highest BCUT2D eigenvalue weighted by Gasteiger charge is 2.35. The standard InChI is InChI=1S/C29H27ClFN3O5/c1-3-19-9-6-8-12-23(19)32-26(35)16-34-28(36)24(33-29(34)37)14-18-13-21(30)27(25(15-18)38-4-2)39-17-20-10-5-7-11-22(20)31/h5-15H,3-4,16-17H2,1-2H3,(H,32,35)(H,33,37)/b24-14+. The first kappa shape index (κ1) is 27.7. The lowest BCUT2D eigenvalue weighted by Gasteiger charge is -2.15. The molecule has 4 amide bonds. The number of carbonyl (C=O) groups excluding carboxylic acids is 3. The molecule has 1 heterocycles. The minimum atomic E-state index is -0.717. The second-order valence-corrected chi connectivity index (χ2v) is 8.99. The molecule has 1 saturated heterocycles. The number of ether oxygens (including phenoxy) is 2. The molecule has 10 heteroatoms. The van der Waals surface area contributed by atoms with Crippen molar-refractivity contribution in [2.45, 2.75) is 26.9 Å². The van der Waals surface area contributed by atoms with Crippen molar-refractivity contribution >= 4 is 41.2 Å². The zero-order valence-corrected chi connectivity index (χ0v) is 22.2. The van der Waals surface area contributed by atoms with Gasteiger partial charge in [-0.05, 0) is 54.8 Å². The van der Waals surface area contributed by atoms with Gasteiger partial charge < -0.3 is 20.1 Å². The van der Waals surface area contributed by atoms with Gasteiger partial charge in [0.15, 0.2) is 11.5 Å². The number of carbonyl (C=O) groups is 3. The highest BCUT2D eigenvalue weighted by atomic mass is 35.5. The van der Waals surface area contributed by atoms with Gasteiger partial charge in [-0.15, -0.1) is 0 Å². The van der Waals surface area contributed by atoms with E-state index in [9.17, 15) is 18.8 Å². The zero-order valence-electron chi connectivity index (χ0n) is 21.4. The highest BCUT2D eigenvalue weighted by Crippen LogP contribution is 2.38. The first-order chi connectivity index (χ1) is 18.8. The summed E-state index contributed by atoms with van der Waals surface area (Å²) in [4.78, 5) is 38.9. The summed E-state index contributed by atoms with van der Waals surface area (Å²) in [7, 11) is 0. The number of aryl methyl sites for hydroxylation is 1. The fraction of sp³-hybridized carbons (Fsp3) is 0.207. The molecule has 3 aromatic rings. The number of nitrogens with zero attached hydrogens (tertiary/aromatic N) is 1. The number of rotatable bonds is 10. The molecule has 2 N–H and O–H groups in total. The van der Waals surface area contributed by atoms with Crippen LogP contribution in [-0.2, 0) is 22.6 Å². The Bertz CT molecular complexity index is 1440. The Kier molecular flexibility index (Phi) is 8.83. The number of benzene rings is 3. The fourth-order valence-corrected chi connectivity index (χ4v) is 4.28. The fourth-order valence-electron chi connectivity index (χ4n) is 4.01. The van der Waals surface area contributed by atoms with Crippen molar-refractivity contribution in [3.05, 3.63) is 93.9 Å². The second kappa shape index (κ2) is 12.4. The van der Waals surface area contributed by atoms with Crippen molar-refractivity contribution < 1.29 is 28.2 Å². The summed E-state index contributed by atoms with van der Waals surface area (Å²) in [6.45, 7) is 3.52. The predicted octanol–water partition coefficient (Wildman–Crippen LogP) is 5.55. The number of imide groups is 1. The van der Waals surface area contributed by atoms with Crippen LogP contribution in [0.5, 0.6) is 11.5 Å². The van der Waals surface area contributed by atoms with Gasteiger partial charge in [0, 0.05) is 11.3 Å². The van der Waals surface area contributed by atoms with E-state index in [1.807, 2.05) is 19.1 Å². The largest absolute Gasteiger partial charge is 0.490 e. The summed E-state index contributed by atoms with van der Waals surface area (Å²) in [5.74, 6) is -1.06. The maximum absolute atomic E-state index is 14.0. The molecule has 3 aromatic carbocycles. The first-order valence-electron chi connectivity index (χ1n) is 12.4. The molecular weight excluding hydrogens is 525 g/mol. The van der Waals surface area contributed by atoms with Gasteiger partial charge in [0.1, 0.15) is 24.7 Å². The van der Waals surface area contributed by atoms with Crippen LogP contribution in [0.1, 0.15) is 30.5 Å². The molecule has 0 saturated carbocycles. The Morgan fingerprint density at radius 2 is 1.77 bits per heavy atom. The Balaban J connectivity index is 1.50. The normalized spacial score (nSPS) is 13.9. The maximum Gasteiger partial charge on any atom is 0.329 e. The lowest BCUT2D eigenvalue weighted by molar-refractivity contribution is -0.127. The third kappa shape index (κ3) is 6.56. The molecule has 4 rings (SSSR count). The third-order valence-electron chi connectivity index (χ3n) is 5.91. The summed E-state index contributed by atoms with van der Waals surface area (Å²) in [6.07, 6.45) is 2.14. The van der Waals surface area contributed by atoms with Crippen LogP contribution in [0, 0.1) is 5.82 Å². The van der Waals surface area contributed by atoms with Crippen LogP contribution in [0.25, 0.3) is 6.08 Å². The number of halogens is 2. The minimum Gasteiger partial charge on any atom is -0.490 e. The highest BCUT2D eigenvalue weighted by molar-refractivity contribution is 6.32. The molecule has 0 radical (unpaired) electrons. The Hall–Kier alpha value is -4.37. The van der Waals surface area contributed by atoms with Gasteiger partial charge >= 0.3 is 6.03 Å². The van der Waals surface area contributed by atoms with Gasteiger partial charge in [0.2, 0.25) is 5.91 Å². The van der Waals surface area contributed by atoms with Crippen LogP contribution in [0.4, 0.5) is 14.9 Å². The van der Waals surface area contributed by atoms with Crippen molar-refractivity contribution in [2.24, 2.45) is 0 Å². The SMILES string of the molecule is CCOc1cc(/C=C2/NC(=O)N(CC(=O)Nc3ccccc3CC)C2=O)cc(Cl)c1OCc1ccccc1F. The monoisotopic (exact) mass is 551 g/mol. The van der Waals surface area contributed by atoms with Gasteiger partial charge in [-0.25, -0.2) is 14.1 Å². The number of hydrogen-bond donors (Lipinski definition) is 2. The molecule has 0 aliphatic carbocycles. The van der Waals surface area contributed by atoms with Crippen molar-refractivity contribution in [3.8, 4) is 11.5 Å².